The predicted octanol–water partition coefficient (Wildman–Crippen LogP) is 2.94. The van der Waals surface area contributed by atoms with Crippen LogP contribution in [0.2, 0.25) is 0 Å². The van der Waals surface area contributed by atoms with Gasteiger partial charge in [0.1, 0.15) is 6.04 Å². The minimum Gasteiger partial charge on any atom is -0.348 e. The Morgan fingerprint density at radius 3 is 2.74 bits per heavy atom. The molecule has 1 aliphatic heterocycles. The van der Waals surface area contributed by atoms with Crippen LogP contribution in [-0.2, 0) is 15.8 Å². The highest BCUT2D eigenvalue weighted by Crippen LogP contribution is 2.31. The number of alkyl halides is 3. The van der Waals surface area contributed by atoms with Crippen molar-refractivity contribution in [2.45, 2.75) is 50.9 Å². The summed E-state index contributed by atoms with van der Waals surface area (Å²) in [5, 5.41) is 5.31. The summed E-state index contributed by atoms with van der Waals surface area (Å²) in [7, 11) is 0. The molecule has 126 valence electrons. The fourth-order valence-corrected chi connectivity index (χ4v) is 2.63. The first kappa shape index (κ1) is 17.3. The number of rotatable bonds is 5. The smallest absolute Gasteiger partial charge is 0.348 e. The topological polar surface area (TPSA) is 58.2 Å². The highest BCUT2D eigenvalue weighted by Gasteiger charge is 2.32. The van der Waals surface area contributed by atoms with E-state index in [1.807, 2.05) is 6.92 Å². The lowest BCUT2D eigenvalue weighted by molar-refractivity contribution is -0.137. The third-order valence-electron chi connectivity index (χ3n) is 3.82. The van der Waals surface area contributed by atoms with E-state index in [2.05, 4.69) is 10.6 Å². The van der Waals surface area contributed by atoms with Gasteiger partial charge in [-0.05, 0) is 30.5 Å². The average Bonchev–Trinajstić information content (AvgIpc) is 2.93. The lowest BCUT2D eigenvalue weighted by Gasteiger charge is -2.22. The number of carbonyl (C=O) groups excluding carboxylic acids is 2. The number of halogens is 3. The van der Waals surface area contributed by atoms with Gasteiger partial charge in [0.25, 0.3) is 0 Å². The lowest BCUT2D eigenvalue weighted by Crippen LogP contribution is -2.43. The van der Waals surface area contributed by atoms with E-state index in [1.165, 1.54) is 6.07 Å². The monoisotopic (exact) mass is 328 g/mol. The van der Waals surface area contributed by atoms with Crippen molar-refractivity contribution >= 4 is 11.8 Å². The van der Waals surface area contributed by atoms with Crippen molar-refractivity contribution in [3.63, 3.8) is 0 Å². The van der Waals surface area contributed by atoms with Gasteiger partial charge in [-0.15, -0.1) is 0 Å². The van der Waals surface area contributed by atoms with Crippen LogP contribution in [0.1, 0.15) is 49.8 Å². The molecule has 0 radical (unpaired) electrons. The van der Waals surface area contributed by atoms with Gasteiger partial charge >= 0.3 is 6.18 Å². The molecule has 0 bridgehead atoms. The molecular formula is C16H19F3N2O2. The summed E-state index contributed by atoms with van der Waals surface area (Å²) < 4.78 is 38.5. The Bertz CT molecular complexity index is 587. The van der Waals surface area contributed by atoms with Crippen molar-refractivity contribution in [3.8, 4) is 0 Å². The van der Waals surface area contributed by atoms with E-state index in [9.17, 15) is 22.8 Å². The maximum absolute atomic E-state index is 12.8. The molecule has 7 heteroatoms. The second kappa shape index (κ2) is 7.02. The zero-order valence-electron chi connectivity index (χ0n) is 12.7. The fourth-order valence-electron chi connectivity index (χ4n) is 2.63. The van der Waals surface area contributed by atoms with E-state index in [-0.39, 0.29) is 11.8 Å². The van der Waals surface area contributed by atoms with Crippen molar-refractivity contribution in [1.82, 2.24) is 10.6 Å². The van der Waals surface area contributed by atoms with Crippen LogP contribution in [0.15, 0.2) is 24.3 Å². The van der Waals surface area contributed by atoms with Gasteiger partial charge in [-0.3, -0.25) is 9.59 Å². The van der Waals surface area contributed by atoms with Gasteiger partial charge in [-0.25, -0.2) is 0 Å². The van der Waals surface area contributed by atoms with Crippen molar-refractivity contribution in [2.75, 3.05) is 0 Å². The van der Waals surface area contributed by atoms with Gasteiger partial charge in [0, 0.05) is 6.42 Å². The van der Waals surface area contributed by atoms with Crippen LogP contribution in [0.25, 0.3) is 0 Å². The van der Waals surface area contributed by atoms with E-state index in [0.717, 1.165) is 12.1 Å². The standard InChI is InChI=1S/C16H19F3N2O2/c1-2-4-12(21-15(23)13-7-8-14(22)20-13)10-5-3-6-11(9-10)16(17,18)19/h3,5-6,9,12-13H,2,4,7-8H2,1H3,(H,20,22)(H,21,23)/t12-,13+/m1/s1. The zero-order chi connectivity index (χ0) is 17.0. The quantitative estimate of drug-likeness (QED) is 0.873. The van der Waals surface area contributed by atoms with Gasteiger partial charge in [0.15, 0.2) is 0 Å². The third kappa shape index (κ3) is 4.46. The first-order chi connectivity index (χ1) is 10.8. The highest BCUT2D eigenvalue weighted by molar-refractivity contribution is 5.90. The molecule has 0 spiro atoms. The molecule has 23 heavy (non-hydrogen) atoms. The summed E-state index contributed by atoms with van der Waals surface area (Å²) in [4.78, 5) is 23.4. The van der Waals surface area contributed by atoms with E-state index in [4.69, 9.17) is 0 Å². The maximum atomic E-state index is 12.8. The SMILES string of the molecule is CCC[C@@H](NC(=O)[C@@H]1CCC(=O)N1)c1cccc(C(F)(F)F)c1. The average molecular weight is 328 g/mol. The van der Waals surface area contributed by atoms with E-state index in [1.54, 1.807) is 6.07 Å². The van der Waals surface area contributed by atoms with Crippen LogP contribution >= 0.6 is 0 Å². The number of nitrogens with one attached hydrogen (secondary N) is 2. The van der Waals surface area contributed by atoms with Gasteiger partial charge in [0.05, 0.1) is 11.6 Å². The van der Waals surface area contributed by atoms with Crippen LogP contribution in [-0.4, -0.2) is 17.9 Å². The zero-order valence-corrected chi connectivity index (χ0v) is 12.7. The van der Waals surface area contributed by atoms with Gasteiger partial charge in [-0.2, -0.15) is 13.2 Å². The number of amides is 2. The molecule has 4 nitrogen and oxygen atoms in total. The summed E-state index contributed by atoms with van der Waals surface area (Å²) in [6.45, 7) is 1.89. The molecular weight excluding hydrogens is 309 g/mol. The van der Waals surface area contributed by atoms with Crippen molar-refractivity contribution in [3.05, 3.63) is 35.4 Å². The highest BCUT2D eigenvalue weighted by atomic mass is 19.4. The number of hydrogen-bond donors (Lipinski definition) is 2. The molecule has 1 aromatic rings. The molecule has 1 fully saturated rings. The largest absolute Gasteiger partial charge is 0.416 e. The molecule has 2 amide bonds. The van der Waals surface area contributed by atoms with Crippen LogP contribution in [0, 0.1) is 0 Å². The number of hydrogen-bond acceptors (Lipinski definition) is 2. The molecule has 1 aromatic carbocycles. The molecule has 1 saturated heterocycles. The summed E-state index contributed by atoms with van der Waals surface area (Å²) in [5.41, 5.74) is -0.320. The summed E-state index contributed by atoms with van der Waals surface area (Å²) in [6.07, 6.45) is -2.49. The van der Waals surface area contributed by atoms with Crippen molar-refractivity contribution in [1.29, 1.82) is 0 Å². The molecule has 2 atom stereocenters. The third-order valence-corrected chi connectivity index (χ3v) is 3.82. The summed E-state index contributed by atoms with van der Waals surface area (Å²) in [5.74, 6) is -0.539. The minimum atomic E-state index is -4.42. The second-order valence-corrected chi connectivity index (χ2v) is 5.63. The Morgan fingerprint density at radius 2 is 2.17 bits per heavy atom. The van der Waals surface area contributed by atoms with Crippen LogP contribution in [0.3, 0.4) is 0 Å². The second-order valence-electron chi connectivity index (χ2n) is 5.63. The first-order valence-corrected chi connectivity index (χ1v) is 7.58. The van der Waals surface area contributed by atoms with Crippen LogP contribution in [0.4, 0.5) is 13.2 Å². The summed E-state index contributed by atoms with van der Waals surface area (Å²) in [6, 6.07) is 3.87. The molecule has 2 N–H and O–H groups in total. The number of carbonyl (C=O) groups is 2. The van der Waals surface area contributed by atoms with Gasteiger partial charge < -0.3 is 10.6 Å². The molecule has 0 aromatic heterocycles. The first-order valence-electron chi connectivity index (χ1n) is 7.58. The molecule has 2 rings (SSSR count). The molecule has 0 aliphatic carbocycles. The molecule has 1 heterocycles. The lowest BCUT2D eigenvalue weighted by atomic mass is 9.99. The molecule has 1 aliphatic rings. The van der Waals surface area contributed by atoms with Crippen molar-refractivity contribution < 1.29 is 22.8 Å². The van der Waals surface area contributed by atoms with Gasteiger partial charge in [0.2, 0.25) is 11.8 Å². The van der Waals surface area contributed by atoms with Crippen LogP contribution < -0.4 is 10.6 Å². The van der Waals surface area contributed by atoms with Gasteiger partial charge in [-0.1, -0.05) is 25.5 Å². The number of benzene rings is 1. The predicted molar refractivity (Wildman–Crippen MR) is 78.4 cm³/mol. The maximum Gasteiger partial charge on any atom is 0.416 e. The minimum absolute atomic E-state index is 0.184. The van der Waals surface area contributed by atoms with E-state index in [0.29, 0.717) is 31.2 Å². The molecule has 0 unspecified atom stereocenters. The fraction of sp³-hybridized carbons (Fsp3) is 0.500. The van der Waals surface area contributed by atoms with Crippen molar-refractivity contribution in [2.24, 2.45) is 0 Å². The van der Waals surface area contributed by atoms with E-state index < -0.39 is 23.8 Å². The Hall–Kier alpha value is -2.05. The normalized spacial score (nSPS) is 19.3. The Balaban J connectivity index is 2.15. The Morgan fingerprint density at radius 1 is 1.43 bits per heavy atom. The Labute approximate surface area is 132 Å². The molecule has 0 saturated carbocycles. The van der Waals surface area contributed by atoms with E-state index >= 15 is 0 Å². The Kier molecular flexibility index (Phi) is 5.28. The van der Waals surface area contributed by atoms with Crippen LogP contribution in [0.5, 0.6) is 0 Å². The summed E-state index contributed by atoms with van der Waals surface area (Å²) >= 11 is 0.